The van der Waals surface area contributed by atoms with Crippen molar-refractivity contribution in [3.05, 3.63) is 18.0 Å². The van der Waals surface area contributed by atoms with Crippen LogP contribution in [0, 0.1) is 5.41 Å². The first kappa shape index (κ1) is 14.3. The molecule has 1 aromatic rings. The molecule has 4 heteroatoms. The Balaban J connectivity index is 2.23. The molecule has 0 amide bonds. The lowest BCUT2D eigenvalue weighted by Gasteiger charge is -2.41. The molecule has 0 atom stereocenters. The molecule has 4 nitrogen and oxygen atoms in total. The smallest absolute Gasteiger partial charge is 0.214 e. The van der Waals surface area contributed by atoms with E-state index >= 15 is 0 Å². The lowest BCUT2D eigenvalue weighted by Crippen LogP contribution is -2.46. The van der Waals surface area contributed by atoms with Crippen LogP contribution in [0.15, 0.2) is 12.3 Å². The first-order valence-electron chi connectivity index (χ1n) is 7.07. The van der Waals surface area contributed by atoms with Gasteiger partial charge >= 0.3 is 0 Å². The fourth-order valence-electron chi connectivity index (χ4n) is 2.81. The van der Waals surface area contributed by atoms with Gasteiger partial charge in [0.2, 0.25) is 5.78 Å². The summed E-state index contributed by atoms with van der Waals surface area (Å²) < 4.78 is 7.56. The van der Waals surface area contributed by atoms with E-state index < -0.39 is 5.60 Å². The molecule has 0 aliphatic heterocycles. The molecule has 1 fully saturated rings. The maximum absolute atomic E-state index is 12.7. The van der Waals surface area contributed by atoms with E-state index in [0.717, 1.165) is 25.7 Å². The summed E-state index contributed by atoms with van der Waals surface area (Å²) in [4.78, 5) is 12.7. The highest BCUT2D eigenvalue weighted by molar-refractivity contribution is 6.01. The average Bonchev–Trinajstić information content (AvgIpc) is 2.78. The molecule has 19 heavy (non-hydrogen) atoms. The predicted molar refractivity (Wildman–Crippen MR) is 74.1 cm³/mol. The number of aryl methyl sites for hydroxylation is 1. The van der Waals surface area contributed by atoms with Crippen LogP contribution in [0.5, 0.6) is 0 Å². The van der Waals surface area contributed by atoms with Crippen molar-refractivity contribution >= 4 is 5.78 Å². The van der Waals surface area contributed by atoms with Crippen molar-refractivity contribution in [3.63, 3.8) is 0 Å². The molecule has 1 aliphatic rings. The lowest BCUT2D eigenvalue weighted by molar-refractivity contribution is -0.0583. The van der Waals surface area contributed by atoms with E-state index in [1.807, 2.05) is 14.0 Å². The zero-order chi connectivity index (χ0) is 14.1. The van der Waals surface area contributed by atoms with E-state index in [1.54, 1.807) is 16.9 Å². The predicted octanol–water partition coefficient (Wildman–Crippen LogP) is 2.98. The normalized spacial score (nSPS) is 21.3. The Kier molecular flexibility index (Phi) is 3.81. The van der Waals surface area contributed by atoms with Crippen LogP contribution >= 0.6 is 0 Å². The number of rotatable bonds is 4. The van der Waals surface area contributed by atoms with Gasteiger partial charge in [-0.25, -0.2) is 0 Å². The van der Waals surface area contributed by atoms with Crippen LogP contribution < -0.4 is 0 Å². The first-order chi connectivity index (χ1) is 8.88. The number of aromatic nitrogens is 2. The summed E-state index contributed by atoms with van der Waals surface area (Å²) in [5, 5.41) is 4.24. The Morgan fingerprint density at radius 1 is 1.37 bits per heavy atom. The van der Waals surface area contributed by atoms with Gasteiger partial charge in [0.15, 0.2) is 0 Å². The molecule has 1 heterocycles. The molecule has 0 aromatic carbocycles. The third-order valence-corrected chi connectivity index (χ3v) is 4.19. The van der Waals surface area contributed by atoms with Crippen molar-refractivity contribution in [1.82, 2.24) is 9.78 Å². The summed E-state index contributed by atoms with van der Waals surface area (Å²) in [6.07, 6.45) is 5.43. The SMILES string of the molecule is CCOC1(C(=O)c2ccn(C)n2)CCC(C)(C)CC1. The summed E-state index contributed by atoms with van der Waals surface area (Å²) in [5.41, 5.74) is 0.180. The van der Waals surface area contributed by atoms with E-state index in [4.69, 9.17) is 4.74 Å². The molecule has 0 spiro atoms. The summed E-state index contributed by atoms with van der Waals surface area (Å²) >= 11 is 0. The van der Waals surface area contributed by atoms with E-state index in [0.29, 0.717) is 17.7 Å². The highest BCUT2D eigenvalue weighted by Gasteiger charge is 2.45. The van der Waals surface area contributed by atoms with Crippen molar-refractivity contribution in [2.45, 2.75) is 52.1 Å². The second-order valence-corrected chi connectivity index (χ2v) is 6.30. The molecule has 0 unspecified atom stereocenters. The molecule has 0 bridgehead atoms. The molecule has 106 valence electrons. The van der Waals surface area contributed by atoms with Gasteiger partial charge in [-0.05, 0) is 44.1 Å². The maximum atomic E-state index is 12.7. The summed E-state index contributed by atoms with van der Waals surface area (Å²) in [7, 11) is 1.83. The van der Waals surface area contributed by atoms with Gasteiger partial charge in [0.25, 0.3) is 0 Å². The maximum Gasteiger partial charge on any atom is 0.214 e. The van der Waals surface area contributed by atoms with Gasteiger partial charge in [-0.1, -0.05) is 13.8 Å². The molecule has 1 aromatic heterocycles. The Hall–Kier alpha value is -1.16. The van der Waals surface area contributed by atoms with Gasteiger partial charge in [0.05, 0.1) is 0 Å². The number of ether oxygens (including phenoxy) is 1. The fourth-order valence-corrected chi connectivity index (χ4v) is 2.81. The van der Waals surface area contributed by atoms with Gasteiger partial charge < -0.3 is 4.74 Å². The number of hydrogen-bond acceptors (Lipinski definition) is 3. The van der Waals surface area contributed by atoms with Gasteiger partial charge in [-0.3, -0.25) is 9.48 Å². The van der Waals surface area contributed by atoms with E-state index in [-0.39, 0.29) is 5.78 Å². The monoisotopic (exact) mass is 264 g/mol. The van der Waals surface area contributed by atoms with Crippen molar-refractivity contribution in [2.24, 2.45) is 12.5 Å². The van der Waals surface area contributed by atoms with Crippen molar-refractivity contribution in [1.29, 1.82) is 0 Å². The second kappa shape index (κ2) is 5.08. The zero-order valence-corrected chi connectivity index (χ0v) is 12.4. The average molecular weight is 264 g/mol. The number of Topliss-reactive ketones (excluding diaryl/α,β-unsaturated/α-hetero) is 1. The van der Waals surface area contributed by atoms with Gasteiger partial charge in [-0.15, -0.1) is 0 Å². The highest BCUT2D eigenvalue weighted by Crippen LogP contribution is 2.43. The van der Waals surface area contributed by atoms with Crippen molar-refractivity contribution in [2.75, 3.05) is 6.61 Å². The van der Waals surface area contributed by atoms with Gasteiger partial charge in [0, 0.05) is 19.9 Å². The third-order valence-electron chi connectivity index (χ3n) is 4.19. The molecule has 0 radical (unpaired) electrons. The van der Waals surface area contributed by atoms with Gasteiger partial charge in [-0.2, -0.15) is 5.10 Å². The minimum absolute atomic E-state index is 0.0467. The number of ketones is 1. The molecular formula is C15H24N2O2. The Bertz CT molecular complexity index is 452. The number of nitrogens with zero attached hydrogens (tertiary/aromatic N) is 2. The van der Waals surface area contributed by atoms with E-state index in [9.17, 15) is 4.79 Å². The fraction of sp³-hybridized carbons (Fsp3) is 0.733. The van der Waals surface area contributed by atoms with Crippen LogP contribution in [-0.2, 0) is 11.8 Å². The molecule has 2 rings (SSSR count). The third kappa shape index (κ3) is 2.89. The summed E-state index contributed by atoms with van der Waals surface area (Å²) in [6.45, 7) is 7.04. The van der Waals surface area contributed by atoms with Crippen LogP contribution in [0.25, 0.3) is 0 Å². The van der Waals surface area contributed by atoms with Crippen LogP contribution in [0.2, 0.25) is 0 Å². The molecule has 0 N–H and O–H groups in total. The Morgan fingerprint density at radius 2 is 2.00 bits per heavy atom. The van der Waals surface area contributed by atoms with Crippen LogP contribution in [-0.4, -0.2) is 27.8 Å². The van der Waals surface area contributed by atoms with Crippen LogP contribution in [0.4, 0.5) is 0 Å². The highest BCUT2D eigenvalue weighted by atomic mass is 16.5. The molecule has 0 saturated heterocycles. The topological polar surface area (TPSA) is 44.1 Å². The van der Waals surface area contributed by atoms with Crippen LogP contribution in [0.1, 0.15) is 56.9 Å². The molecule has 1 aliphatic carbocycles. The Labute approximate surface area is 115 Å². The largest absolute Gasteiger partial charge is 0.367 e. The summed E-state index contributed by atoms with van der Waals surface area (Å²) in [5.74, 6) is 0.0467. The van der Waals surface area contributed by atoms with Gasteiger partial charge in [0.1, 0.15) is 11.3 Å². The summed E-state index contributed by atoms with van der Waals surface area (Å²) in [6, 6.07) is 1.78. The van der Waals surface area contributed by atoms with Crippen molar-refractivity contribution in [3.8, 4) is 0 Å². The molecule has 1 saturated carbocycles. The quantitative estimate of drug-likeness (QED) is 0.785. The first-order valence-corrected chi connectivity index (χ1v) is 7.07. The number of carbonyl (C=O) groups is 1. The minimum Gasteiger partial charge on any atom is -0.367 e. The minimum atomic E-state index is -0.654. The lowest BCUT2D eigenvalue weighted by atomic mass is 9.69. The Morgan fingerprint density at radius 3 is 2.47 bits per heavy atom. The standard InChI is InChI=1S/C15H24N2O2/c1-5-19-15(9-7-14(2,3)8-10-15)13(18)12-6-11-17(4)16-12/h6,11H,5,7-10H2,1-4H3. The van der Waals surface area contributed by atoms with E-state index in [1.165, 1.54) is 0 Å². The number of carbonyl (C=O) groups excluding carboxylic acids is 1. The zero-order valence-electron chi connectivity index (χ0n) is 12.4. The molecular weight excluding hydrogens is 240 g/mol. The number of hydrogen-bond donors (Lipinski definition) is 0. The van der Waals surface area contributed by atoms with E-state index in [2.05, 4.69) is 18.9 Å². The van der Waals surface area contributed by atoms with Crippen molar-refractivity contribution < 1.29 is 9.53 Å². The van der Waals surface area contributed by atoms with Crippen LogP contribution in [0.3, 0.4) is 0 Å². The second-order valence-electron chi connectivity index (χ2n) is 6.30.